The lowest BCUT2D eigenvalue weighted by molar-refractivity contribution is -0.131. The Kier molecular flexibility index (Phi) is 6.53. The number of amides is 1. The van der Waals surface area contributed by atoms with Crippen LogP contribution < -0.4 is 0 Å². The Morgan fingerprint density at radius 2 is 2.00 bits per heavy atom. The van der Waals surface area contributed by atoms with Crippen molar-refractivity contribution in [2.45, 2.75) is 13.5 Å². The Bertz CT molecular complexity index is 429. The van der Waals surface area contributed by atoms with Gasteiger partial charge < -0.3 is 4.90 Å². The van der Waals surface area contributed by atoms with Gasteiger partial charge in [0.25, 0.3) is 0 Å². The summed E-state index contributed by atoms with van der Waals surface area (Å²) in [6, 6.07) is 2.11. The van der Waals surface area contributed by atoms with Gasteiger partial charge in [0.2, 0.25) is 5.91 Å². The lowest BCUT2D eigenvalue weighted by Crippen LogP contribution is -2.39. The van der Waals surface area contributed by atoms with E-state index in [4.69, 9.17) is 0 Å². The van der Waals surface area contributed by atoms with Crippen molar-refractivity contribution in [3.63, 3.8) is 0 Å². The average molecular weight is 278 g/mol. The number of hydrogen-bond donors (Lipinski definition) is 0. The molecule has 1 aromatic heterocycles. The minimum atomic E-state index is 0.108. The second-order valence-electron chi connectivity index (χ2n) is 4.58. The molecule has 0 N–H and O–H groups in total. The molecule has 1 rings (SSSR count). The molecule has 3 nitrogen and oxygen atoms in total. The zero-order chi connectivity index (χ0) is 14.3. The highest BCUT2D eigenvalue weighted by molar-refractivity contribution is 7.10. The Morgan fingerprint density at radius 1 is 1.37 bits per heavy atom. The van der Waals surface area contributed by atoms with Crippen molar-refractivity contribution in [3.05, 3.63) is 47.2 Å². The average Bonchev–Trinajstić information content (AvgIpc) is 2.74. The zero-order valence-corrected chi connectivity index (χ0v) is 12.6. The first-order valence-electron chi connectivity index (χ1n) is 6.29. The number of rotatable bonds is 8. The number of nitrogens with zero attached hydrogens (tertiary/aromatic N) is 2. The number of carbonyl (C=O) groups excluding carboxylic acids is 1. The van der Waals surface area contributed by atoms with E-state index in [1.54, 1.807) is 28.4 Å². The zero-order valence-electron chi connectivity index (χ0n) is 11.8. The molecule has 0 fully saturated rings. The van der Waals surface area contributed by atoms with Crippen molar-refractivity contribution in [3.8, 4) is 0 Å². The van der Waals surface area contributed by atoms with Crippen molar-refractivity contribution >= 4 is 17.2 Å². The van der Waals surface area contributed by atoms with Crippen LogP contribution in [0.2, 0.25) is 0 Å². The van der Waals surface area contributed by atoms with Gasteiger partial charge in [0.15, 0.2) is 0 Å². The first-order valence-corrected chi connectivity index (χ1v) is 7.17. The number of thiophene rings is 1. The van der Waals surface area contributed by atoms with Gasteiger partial charge in [-0.2, -0.15) is 0 Å². The van der Waals surface area contributed by atoms with Crippen LogP contribution in [0, 0.1) is 6.92 Å². The first-order chi connectivity index (χ1) is 9.08. The van der Waals surface area contributed by atoms with E-state index in [9.17, 15) is 4.79 Å². The molecular formula is C15H22N2OS. The summed E-state index contributed by atoms with van der Waals surface area (Å²) < 4.78 is 0. The molecule has 19 heavy (non-hydrogen) atoms. The molecule has 0 bridgehead atoms. The van der Waals surface area contributed by atoms with Crippen LogP contribution in [-0.2, 0) is 11.3 Å². The van der Waals surface area contributed by atoms with Crippen molar-refractivity contribution in [1.29, 1.82) is 0 Å². The molecular weight excluding hydrogens is 256 g/mol. The third-order valence-corrected chi connectivity index (χ3v) is 3.85. The summed E-state index contributed by atoms with van der Waals surface area (Å²) in [7, 11) is 1.97. The molecule has 104 valence electrons. The molecule has 0 saturated heterocycles. The summed E-state index contributed by atoms with van der Waals surface area (Å²) in [5.41, 5.74) is 1.29. The van der Waals surface area contributed by atoms with Crippen LogP contribution in [0.3, 0.4) is 0 Å². The monoisotopic (exact) mass is 278 g/mol. The number of likely N-dealkylation sites (N-methyl/N-ethyl adjacent to an activating group) is 1. The standard InChI is InChI=1S/C15H22N2OS/c1-5-8-17(9-6-2)15(18)12-16(4)11-14-13(3)7-10-19-14/h5-7,10H,1-2,8-9,11-12H2,3-4H3. The van der Waals surface area contributed by atoms with Crippen molar-refractivity contribution in [2.75, 3.05) is 26.7 Å². The predicted molar refractivity (Wildman–Crippen MR) is 82.4 cm³/mol. The number of carbonyl (C=O) groups is 1. The maximum absolute atomic E-state index is 12.1. The Labute approximate surface area is 119 Å². The van der Waals surface area contributed by atoms with Gasteiger partial charge in [-0.05, 0) is 31.0 Å². The maximum atomic E-state index is 12.1. The number of aryl methyl sites for hydroxylation is 1. The summed E-state index contributed by atoms with van der Waals surface area (Å²) in [4.78, 5) is 17.2. The van der Waals surface area contributed by atoms with Crippen LogP contribution in [0.4, 0.5) is 0 Å². The summed E-state index contributed by atoms with van der Waals surface area (Å²) >= 11 is 1.73. The minimum Gasteiger partial charge on any atom is -0.334 e. The SMILES string of the molecule is C=CCN(CC=C)C(=O)CN(C)Cc1sccc1C. The molecule has 0 aromatic carbocycles. The fourth-order valence-corrected chi connectivity index (χ4v) is 2.77. The van der Waals surface area contributed by atoms with E-state index in [1.807, 2.05) is 11.9 Å². The van der Waals surface area contributed by atoms with E-state index in [0.29, 0.717) is 19.6 Å². The molecule has 1 amide bonds. The fraction of sp³-hybridized carbons (Fsp3) is 0.400. The van der Waals surface area contributed by atoms with Crippen LogP contribution in [-0.4, -0.2) is 42.4 Å². The van der Waals surface area contributed by atoms with Crippen molar-refractivity contribution in [1.82, 2.24) is 9.80 Å². The Hall–Kier alpha value is -1.39. The molecule has 1 heterocycles. The maximum Gasteiger partial charge on any atom is 0.237 e. The summed E-state index contributed by atoms with van der Waals surface area (Å²) in [6.07, 6.45) is 3.48. The van der Waals surface area contributed by atoms with Crippen LogP contribution in [0.1, 0.15) is 10.4 Å². The molecule has 0 aliphatic rings. The molecule has 1 aromatic rings. The lowest BCUT2D eigenvalue weighted by atomic mass is 10.3. The van der Waals surface area contributed by atoms with Gasteiger partial charge in [-0.1, -0.05) is 12.2 Å². The van der Waals surface area contributed by atoms with Crippen LogP contribution in [0.15, 0.2) is 36.8 Å². The molecule has 0 radical (unpaired) electrons. The van der Waals surface area contributed by atoms with Gasteiger partial charge in [0, 0.05) is 24.5 Å². The predicted octanol–water partition coefficient (Wildman–Crippen LogP) is 2.69. The second kappa shape index (κ2) is 7.92. The first kappa shape index (κ1) is 15.7. The van der Waals surface area contributed by atoms with Crippen molar-refractivity contribution < 1.29 is 4.79 Å². The Balaban J connectivity index is 2.52. The van der Waals surface area contributed by atoms with Crippen LogP contribution in [0.25, 0.3) is 0 Å². The van der Waals surface area contributed by atoms with Gasteiger partial charge in [-0.3, -0.25) is 9.69 Å². The molecule has 0 saturated carbocycles. The molecule has 4 heteroatoms. The van der Waals surface area contributed by atoms with Gasteiger partial charge in [0.1, 0.15) is 0 Å². The highest BCUT2D eigenvalue weighted by Gasteiger charge is 2.14. The molecule has 0 aliphatic carbocycles. The van der Waals surface area contributed by atoms with Gasteiger partial charge in [-0.25, -0.2) is 0 Å². The lowest BCUT2D eigenvalue weighted by Gasteiger charge is -2.23. The van der Waals surface area contributed by atoms with Gasteiger partial charge in [0.05, 0.1) is 6.54 Å². The van der Waals surface area contributed by atoms with E-state index in [2.05, 4.69) is 31.5 Å². The van der Waals surface area contributed by atoms with E-state index in [-0.39, 0.29) is 5.91 Å². The van der Waals surface area contributed by atoms with E-state index in [0.717, 1.165) is 6.54 Å². The topological polar surface area (TPSA) is 23.6 Å². The van der Waals surface area contributed by atoms with Crippen molar-refractivity contribution in [2.24, 2.45) is 0 Å². The summed E-state index contributed by atoms with van der Waals surface area (Å²) in [5, 5.41) is 2.09. The summed E-state index contributed by atoms with van der Waals surface area (Å²) in [6.45, 7) is 11.8. The minimum absolute atomic E-state index is 0.108. The van der Waals surface area contributed by atoms with E-state index in [1.165, 1.54) is 10.4 Å². The molecule has 0 spiro atoms. The van der Waals surface area contributed by atoms with Gasteiger partial charge >= 0.3 is 0 Å². The van der Waals surface area contributed by atoms with Gasteiger partial charge in [-0.15, -0.1) is 24.5 Å². The molecule has 0 unspecified atom stereocenters. The Morgan fingerprint density at radius 3 is 2.47 bits per heavy atom. The van der Waals surface area contributed by atoms with E-state index >= 15 is 0 Å². The smallest absolute Gasteiger partial charge is 0.237 e. The third kappa shape index (κ3) is 5.01. The highest BCUT2D eigenvalue weighted by atomic mass is 32.1. The number of hydrogen-bond acceptors (Lipinski definition) is 3. The molecule has 0 aliphatic heterocycles. The fourth-order valence-electron chi connectivity index (χ4n) is 1.79. The van der Waals surface area contributed by atoms with Crippen LogP contribution >= 0.6 is 11.3 Å². The largest absolute Gasteiger partial charge is 0.334 e. The second-order valence-corrected chi connectivity index (χ2v) is 5.58. The highest BCUT2D eigenvalue weighted by Crippen LogP contribution is 2.17. The quantitative estimate of drug-likeness (QED) is 0.683. The van der Waals surface area contributed by atoms with E-state index < -0.39 is 0 Å². The summed E-state index contributed by atoms with van der Waals surface area (Å²) in [5.74, 6) is 0.108. The third-order valence-electron chi connectivity index (χ3n) is 2.84. The molecule has 0 atom stereocenters. The van der Waals surface area contributed by atoms with Crippen LogP contribution in [0.5, 0.6) is 0 Å². The normalized spacial score (nSPS) is 10.5.